The van der Waals surface area contributed by atoms with Crippen LogP contribution in [0, 0.1) is 16.0 Å². The van der Waals surface area contributed by atoms with E-state index in [0.29, 0.717) is 23.4 Å². The number of nitro groups is 1. The largest absolute Gasteiger partial charge is 0.299 e. The molecule has 0 aromatic heterocycles. The molecular weight excluding hydrogens is 242 g/mol. The van der Waals surface area contributed by atoms with Crippen LogP contribution in [-0.2, 0) is 11.2 Å². The lowest BCUT2D eigenvalue weighted by molar-refractivity contribution is -0.385. The zero-order valence-corrected chi connectivity index (χ0v) is 10.5. The van der Waals surface area contributed by atoms with E-state index in [0.717, 1.165) is 0 Å². The second-order valence-corrected chi connectivity index (χ2v) is 4.59. The normalized spacial score (nSPS) is 10.6. The van der Waals surface area contributed by atoms with Crippen molar-refractivity contribution in [1.29, 1.82) is 0 Å². The number of halogens is 1. The molecular formula is C12H14ClNO3. The molecule has 0 saturated heterocycles. The molecule has 0 aliphatic carbocycles. The maximum absolute atomic E-state index is 11.5. The van der Waals surface area contributed by atoms with Crippen LogP contribution in [0.3, 0.4) is 0 Å². The summed E-state index contributed by atoms with van der Waals surface area (Å²) in [4.78, 5) is 21.8. The summed E-state index contributed by atoms with van der Waals surface area (Å²) in [6.45, 7) is 3.63. The molecule has 0 N–H and O–H groups in total. The molecule has 0 aliphatic heterocycles. The minimum absolute atomic E-state index is 0.0194. The van der Waals surface area contributed by atoms with E-state index in [-0.39, 0.29) is 17.4 Å². The van der Waals surface area contributed by atoms with Crippen LogP contribution in [0.1, 0.15) is 25.8 Å². The maximum atomic E-state index is 11.5. The topological polar surface area (TPSA) is 60.2 Å². The highest BCUT2D eigenvalue weighted by molar-refractivity contribution is 6.30. The molecule has 0 aliphatic rings. The zero-order valence-electron chi connectivity index (χ0n) is 9.77. The number of nitrogens with zero attached hydrogens (tertiary/aromatic N) is 1. The molecule has 0 spiro atoms. The third-order valence-corrected chi connectivity index (χ3v) is 2.76. The molecule has 0 unspecified atom stereocenters. The van der Waals surface area contributed by atoms with E-state index in [1.165, 1.54) is 12.1 Å². The number of rotatable bonds is 5. The molecule has 0 atom stereocenters. The number of hydrogen-bond acceptors (Lipinski definition) is 3. The van der Waals surface area contributed by atoms with Gasteiger partial charge in [0.1, 0.15) is 5.78 Å². The van der Waals surface area contributed by atoms with E-state index in [4.69, 9.17) is 11.6 Å². The van der Waals surface area contributed by atoms with Crippen molar-refractivity contribution in [2.45, 2.75) is 26.7 Å². The fourth-order valence-corrected chi connectivity index (χ4v) is 1.67. The summed E-state index contributed by atoms with van der Waals surface area (Å²) < 4.78 is 0. The van der Waals surface area contributed by atoms with Crippen molar-refractivity contribution in [1.82, 2.24) is 0 Å². The molecule has 1 aromatic rings. The predicted octanol–water partition coefficient (Wildman–Crippen LogP) is 3.41. The van der Waals surface area contributed by atoms with Crippen LogP contribution in [-0.4, -0.2) is 10.7 Å². The fourth-order valence-electron chi connectivity index (χ4n) is 1.48. The summed E-state index contributed by atoms with van der Waals surface area (Å²) in [6.07, 6.45) is 0.659. The predicted molar refractivity (Wildman–Crippen MR) is 66.3 cm³/mol. The molecule has 92 valence electrons. The van der Waals surface area contributed by atoms with Gasteiger partial charge in [0.2, 0.25) is 0 Å². The smallest absolute Gasteiger partial charge is 0.272 e. The monoisotopic (exact) mass is 255 g/mol. The van der Waals surface area contributed by atoms with Gasteiger partial charge >= 0.3 is 0 Å². The Bertz CT molecular complexity index is 443. The van der Waals surface area contributed by atoms with Gasteiger partial charge in [0.15, 0.2) is 0 Å². The third kappa shape index (κ3) is 3.82. The molecule has 0 amide bonds. The lowest BCUT2D eigenvalue weighted by Crippen LogP contribution is -2.08. The van der Waals surface area contributed by atoms with Crippen LogP contribution in [0.25, 0.3) is 0 Å². The lowest BCUT2D eigenvalue weighted by Gasteiger charge is -2.05. The van der Waals surface area contributed by atoms with E-state index in [9.17, 15) is 14.9 Å². The molecule has 1 rings (SSSR count). The number of hydrogen-bond donors (Lipinski definition) is 0. The van der Waals surface area contributed by atoms with Crippen LogP contribution < -0.4 is 0 Å². The molecule has 0 fully saturated rings. The van der Waals surface area contributed by atoms with Gasteiger partial charge < -0.3 is 0 Å². The Morgan fingerprint density at radius 1 is 1.47 bits per heavy atom. The number of nitro benzene ring substituents is 1. The molecule has 0 saturated carbocycles. The van der Waals surface area contributed by atoms with Crippen molar-refractivity contribution in [3.8, 4) is 0 Å². The quantitative estimate of drug-likeness (QED) is 0.598. The summed E-state index contributed by atoms with van der Waals surface area (Å²) in [5.74, 6) is 0.0486. The molecule has 4 nitrogen and oxygen atoms in total. The Hall–Kier alpha value is -1.42. The minimum atomic E-state index is -0.453. The first kappa shape index (κ1) is 13.6. The third-order valence-electron chi connectivity index (χ3n) is 2.52. The van der Waals surface area contributed by atoms with Crippen molar-refractivity contribution in [3.05, 3.63) is 38.9 Å². The van der Waals surface area contributed by atoms with Gasteiger partial charge in [-0.1, -0.05) is 25.4 Å². The Morgan fingerprint density at radius 3 is 2.65 bits per heavy atom. The molecule has 0 radical (unpaired) electrons. The van der Waals surface area contributed by atoms with Gasteiger partial charge in [-0.3, -0.25) is 14.9 Å². The molecule has 0 bridgehead atoms. The Labute approximate surface area is 105 Å². The van der Waals surface area contributed by atoms with Crippen molar-refractivity contribution in [2.75, 3.05) is 0 Å². The summed E-state index contributed by atoms with van der Waals surface area (Å²) in [7, 11) is 0. The number of aryl methyl sites for hydroxylation is 1. The van der Waals surface area contributed by atoms with Crippen LogP contribution in [0.2, 0.25) is 5.02 Å². The highest BCUT2D eigenvalue weighted by Crippen LogP contribution is 2.24. The van der Waals surface area contributed by atoms with Gasteiger partial charge in [-0.05, 0) is 18.6 Å². The number of Topliss-reactive ketones (excluding diaryl/α,β-unsaturated/α-hetero) is 1. The number of carbonyl (C=O) groups is 1. The van der Waals surface area contributed by atoms with E-state index in [1.807, 2.05) is 13.8 Å². The first-order valence-corrected chi connectivity index (χ1v) is 5.75. The Kier molecular flexibility index (Phi) is 4.63. The van der Waals surface area contributed by atoms with Crippen molar-refractivity contribution >= 4 is 23.1 Å². The first-order valence-electron chi connectivity index (χ1n) is 5.37. The Balaban J connectivity index is 2.86. The van der Waals surface area contributed by atoms with Gasteiger partial charge in [0, 0.05) is 29.0 Å². The van der Waals surface area contributed by atoms with Gasteiger partial charge in [-0.15, -0.1) is 0 Å². The van der Waals surface area contributed by atoms with Gasteiger partial charge in [-0.2, -0.15) is 0 Å². The number of ketones is 1. The summed E-state index contributed by atoms with van der Waals surface area (Å²) in [5, 5.41) is 11.2. The number of carbonyl (C=O) groups excluding carboxylic acids is 1. The molecule has 0 heterocycles. The summed E-state index contributed by atoms with van der Waals surface area (Å²) in [6, 6.07) is 4.40. The molecule has 1 aromatic carbocycles. The van der Waals surface area contributed by atoms with Gasteiger partial charge in [0.25, 0.3) is 5.69 Å². The van der Waals surface area contributed by atoms with Crippen molar-refractivity contribution in [2.24, 2.45) is 5.92 Å². The SMILES string of the molecule is CC(C)C(=O)CCc1cc(Cl)ccc1[N+](=O)[O-]. The average Bonchev–Trinajstić information content (AvgIpc) is 2.25. The van der Waals surface area contributed by atoms with Crippen LogP contribution >= 0.6 is 11.6 Å². The average molecular weight is 256 g/mol. The van der Waals surface area contributed by atoms with Crippen LogP contribution in [0.15, 0.2) is 18.2 Å². The molecule has 17 heavy (non-hydrogen) atoms. The summed E-state index contributed by atoms with van der Waals surface area (Å²) >= 11 is 5.79. The highest BCUT2D eigenvalue weighted by atomic mass is 35.5. The van der Waals surface area contributed by atoms with Gasteiger partial charge in [0.05, 0.1) is 4.92 Å². The standard InChI is InChI=1S/C12H14ClNO3/c1-8(2)12(15)6-3-9-7-10(13)4-5-11(9)14(16)17/h4-5,7-8H,3,6H2,1-2H3. The summed E-state index contributed by atoms with van der Waals surface area (Å²) in [5.41, 5.74) is 0.530. The van der Waals surface area contributed by atoms with E-state index < -0.39 is 4.92 Å². The lowest BCUT2D eigenvalue weighted by atomic mass is 10.0. The highest BCUT2D eigenvalue weighted by Gasteiger charge is 2.15. The second kappa shape index (κ2) is 5.77. The van der Waals surface area contributed by atoms with Crippen LogP contribution in [0.5, 0.6) is 0 Å². The second-order valence-electron chi connectivity index (χ2n) is 4.15. The van der Waals surface area contributed by atoms with Crippen molar-refractivity contribution < 1.29 is 9.72 Å². The van der Waals surface area contributed by atoms with Gasteiger partial charge in [-0.25, -0.2) is 0 Å². The van der Waals surface area contributed by atoms with Crippen molar-refractivity contribution in [3.63, 3.8) is 0 Å². The molecule has 5 heteroatoms. The van der Waals surface area contributed by atoms with E-state index in [1.54, 1.807) is 6.07 Å². The number of benzene rings is 1. The first-order chi connectivity index (χ1) is 7.91. The van der Waals surface area contributed by atoms with E-state index in [2.05, 4.69) is 0 Å². The zero-order chi connectivity index (χ0) is 13.0. The van der Waals surface area contributed by atoms with E-state index >= 15 is 0 Å². The fraction of sp³-hybridized carbons (Fsp3) is 0.417. The Morgan fingerprint density at radius 2 is 2.12 bits per heavy atom. The maximum Gasteiger partial charge on any atom is 0.272 e. The minimum Gasteiger partial charge on any atom is -0.299 e. The van der Waals surface area contributed by atoms with Crippen LogP contribution in [0.4, 0.5) is 5.69 Å².